The molecule has 168 valence electrons. The summed E-state index contributed by atoms with van der Waals surface area (Å²) in [5.41, 5.74) is 4.70. The summed E-state index contributed by atoms with van der Waals surface area (Å²) >= 11 is 1.60. The third kappa shape index (κ3) is 8.06. The molecular weight excluding hydrogens is 404 g/mol. The standard InChI is InChI=1S/C26H36N2O2S/c1-6-24(26(30)27-15-19(2)3)28(16-22-13-11-20(4)12-14-22)25(29)18-31-17-23-10-8-7-9-21(23)5/h7-14,19,24H,6,15-18H2,1-5H3,(H,27,30). The van der Waals surface area contributed by atoms with Gasteiger partial charge in [0.15, 0.2) is 0 Å². The molecule has 0 bridgehead atoms. The summed E-state index contributed by atoms with van der Waals surface area (Å²) in [5.74, 6) is 1.44. The van der Waals surface area contributed by atoms with Crippen LogP contribution in [0.2, 0.25) is 0 Å². The maximum absolute atomic E-state index is 13.3. The van der Waals surface area contributed by atoms with Crippen molar-refractivity contribution in [1.82, 2.24) is 10.2 Å². The van der Waals surface area contributed by atoms with Crippen molar-refractivity contribution >= 4 is 23.6 Å². The Labute approximate surface area is 191 Å². The minimum absolute atomic E-state index is 0.00528. The number of nitrogens with one attached hydrogen (secondary N) is 1. The molecule has 0 spiro atoms. The van der Waals surface area contributed by atoms with Crippen molar-refractivity contribution in [2.24, 2.45) is 5.92 Å². The highest BCUT2D eigenvalue weighted by atomic mass is 32.2. The van der Waals surface area contributed by atoms with Crippen molar-refractivity contribution in [3.05, 3.63) is 70.8 Å². The first kappa shape index (κ1) is 25.0. The van der Waals surface area contributed by atoms with Crippen LogP contribution >= 0.6 is 11.8 Å². The summed E-state index contributed by atoms with van der Waals surface area (Å²) in [6, 6.07) is 15.9. The van der Waals surface area contributed by atoms with Gasteiger partial charge in [-0.05, 0) is 42.9 Å². The van der Waals surface area contributed by atoms with E-state index in [9.17, 15) is 9.59 Å². The van der Waals surface area contributed by atoms with Crippen molar-refractivity contribution in [3.63, 3.8) is 0 Å². The van der Waals surface area contributed by atoms with Gasteiger partial charge in [-0.25, -0.2) is 0 Å². The van der Waals surface area contributed by atoms with Gasteiger partial charge >= 0.3 is 0 Å². The molecule has 0 heterocycles. The maximum Gasteiger partial charge on any atom is 0.242 e. The van der Waals surface area contributed by atoms with Crippen LogP contribution in [0.15, 0.2) is 48.5 Å². The van der Waals surface area contributed by atoms with Gasteiger partial charge in [0.2, 0.25) is 11.8 Å². The zero-order valence-corrected chi connectivity index (χ0v) is 20.3. The number of amides is 2. The maximum atomic E-state index is 13.3. The van der Waals surface area contributed by atoms with E-state index in [4.69, 9.17) is 0 Å². The molecule has 31 heavy (non-hydrogen) atoms. The summed E-state index contributed by atoms with van der Waals surface area (Å²) in [5, 5.41) is 3.01. The van der Waals surface area contributed by atoms with Crippen molar-refractivity contribution in [1.29, 1.82) is 0 Å². The molecule has 2 amide bonds. The minimum Gasteiger partial charge on any atom is -0.354 e. The second kappa shape index (κ2) is 12.6. The molecule has 1 unspecified atom stereocenters. The molecule has 0 saturated heterocycles. The molecule has 0 saturated carbocycles. The molecule has 1 N–H and O–H groups in total. The number of thioether (sulfide) groups is 1. The lowest BCUT2D eigenvalue weighted by atomic mass is 10.1. The normalized spacial score (nSPS) is 11.9. The molecule has 2 aromatic rings. The smallest absolute Gasteiger partial charge is 0.242 e. The lowest BCUT2D eigenvalue weighted by Gasteiger charge is -2.31. The number of aryl methyl sites for hydroxylation is 2. The fourth-order valence-corrected chi connectivity index (χ4v) is 4.32. The Balaban J connectivity index is 2.12. The van der Waals surface area contributed by atoms with E-state index in [-0.39, 0.29) is 11.8 Å². The lowest BCUT2D eigenvalue weighted by molar-refractivity contribution is -0.139. The molecule has 0 radical (unpaired) electrons. The molecule has 0 aliphatic carbocycles. The summed E-state index contributed by atoms with van der Waals surface area (Å²) in [6.07, 6.45) is 0.587. The highest BCUT2D eigenvalue weighted by Gasteiger charge is 2.28. The predicted molar refractivity (Wildman–Crippen MR) is 131 cm³/mol. The number of hydrogen-bond acceptors (Lipinski definition) is 3. The van der Waals surface area contributed by atoms with Crippen molar-refractivity contribution < 1.29 is 9.59 Å². The van der Waals surface area contributed by atoms with Crippen LogP contribution in [0, 0.1) is 19.8 Å². The molecule has 0 aliphatic rings. The van der Waals surface area contributed by atoms with Crippen LogP contribution in [0.3, 0.4) is 0 Å². The first-order chi connectivity index (χ1) is 14.8. The zero-order valence-electron chi connectivity index (χ0n) is 19.5. The second-order valence-electron chi connectivity index (χ2n) is 8.49. The Morgan fingerprint density at radius 2 is 1.71 bits per heavy atom. The molecule has 0 fully saturated rings. The van der Waals surface area contributed by atoms with Crippen molar-refractivity contribution in [3.8, 4) is 0 Å². The topological polar surface area (TPSA) is 49.4 Å². The van der Waals surface area contributed by atoms with Crippen molar-refractivity contribution in [2.75, 3.05) is 12.3 Å². The van der Waals surface area contributed by atoms with Crippen LogP contribution in [0.25, 0.3) is 0 Å². The van der Waals surface area contributed by atoms with Crippen LogP contribution < -0.4 is 5.32 Å². The summed E-state index contributed by atoms with van der Waals surface area (Å²) < 4.78 is 0. The van der Waals surface area contributed by atoms with E-state index in [0.29, 0.717) is 31.2 Å². The Morgan fingerprint density at radius 3 is 2.32 bits per heavy atom. The molecule has 4 nitrogen and oxygen atoms in total. The summed E-state index contributed by atoms with van der Waals surface area (Å²) in [7, 11) is 0. The van der Waals surface area contributed by atoms with Crippen LogP contribution in [0.1, 0.15) is 49.4 Å². The number of carbonyl (C=O) groups is 2. The monoisotopic (exact) mass is 440 g/mol. The largest absolute Gasteiger partial charge is 0.354 e. The van der Waals surface area contributed by atoms with Crippen LogP contribution in [0.4, 0.5) is 0 Å². The molecule has 0 aliphatic heterocycles. The quantitative estimate of drug-likeness (QED) is 0.528. The second-order valence-corrected chi connectivity index (χ2v) is 9.48. The Hall–Kier alpha value is -2.27. The highest BCUT2D eigenvalue weighted by Crippen LogP contribution is 2.19. The molecule has 0 aromatic heterocycles. The van der Waals surface area contributed by atoms with Gasteiger partial charge in [-0.2, -0.15) is 0 Å². The summed E-state index contributed by atoms with van der Waals surface area (Å²) in [4.78, 5) is 27.9. The van der Waals surface area contributed by atoms with E-state index >= 15 is 0 Å². The van der Waals surface area contributed by atoms with E-state index < -0.39 is 6.04 Å². The highest BCUT2D eigenvalue weighted by molar-refractivity contribution is 7.99. The van der Waals surface area contributed by atoms with E-state index in [2.05, 4.69) is 38.2 Å². The zero-order chi connectivity index (χ0) is 22.8. The average molecular weight is 441 g/mol. The van der Waals surface area contributed by atoms with Gasteiger partial charge in [-0.1, -0.05) is 74.9 Å². The predicted octanol–water partition coefficient (Wildman–Crippen LogP) is 5.12. The van der Waals surface area contributed by atoms with E-state index in [0.717, 1.165) is 11.3 Å². The molecule has 2 aromatic carbocycles. The fraction of sp³-hybridized carbons (Fsp3) is 0.462. The first-order valence-corrected chi connectivity index (χ1v) is 12.2. The van der Waals surface area contributed by atoms with Gasteiger partial charge < -0.3 is 10.2 Å². The van der Waals surface area contributed by atoms with Crippen LogP contribution in [-0.4, -0.2) is 35.1 Å². The molecule has 2 rings (SSSR count). The number of rotatable bonds is 11. The molecule has 5 heteroatoms. The van der Waals surface area contributed by atoms with Gasteiger partial charge in [0, 0.05) is 18.8 Å². The Morgan fingerprint density at radius 1 is 1.03 bits per heavy atom. The van der Waals surface area contributed by atoms with Gasteiger partial charge in [0.05, 0.1) is 5.75 Å². The number of benzene rings is 2. The summed E-state index contributed by atoms with van der Waals surface area (Å²) in [6.45, 7) is 11.3. The molecule has 1 atom stereocenters. The van der Waals surface area contributed by atoms with E-state index in [1.165, 1.54) is 16.7 Å². The number of hydrogen-bond donors (Lipinski definition) is 1. The third-order valence-electron chi connectivity index (χ3n) is 5.29. The lowest BCUT2D eigenvalue weighted by Crippen LogP contribution is -2.50. The number of nitrogens with zero attached hydrogens (tertiary/aromatic N) is 1. The van der Waals surface area contributed by atoms with Crippen LogP contribution in [-0.2, 0) is 21.9 Å². The van der Waals surface area contributed by atoms with Crippen LogP contribution in [0.5, 0.6) is 0 Å². The van der Waals surface area contributed by atoms with Crippen molar-refractivity contribution in [2.45, 2.75) is 59.4 Å². The van der Waals surface area contributed by atoms with E-state index in [1.54, 1.807) is 16.7 Å². The van der Waals surface area contributed by atoms with Gasteiger partial charge in [0.1, 0.15) is 6.04 Å². The Kier molecular flexibility index (Phi) is 10.1. The van der Waals surface area contributed by atoms with Gasteiger partial charge in [-0.3, -0.25) is 9.59 Å². The Bertz CT molecular complexity index is 849. The van der Waals surface area contributed by atoms with Gasteiger partial charge in [0.25, 0.3) is 0 Å². The minimum atomic E-state index is -0.466. The molecular formula is C26H36N2O2S. The third-order valence-corrected chi connectivity index (χ3v) is 6.25. The average Bonchev–Trinajstić information content (AvgIpc) is 2.74. The van der Waals surface area contributed by atoms with Gasteiger partial charge in [-0.15, -0.1) is 11.8 Å². The fourth-order valence-electron chi connectivity index (χ4n) is 3.34. The SMILES string of the molecule is CCC(C(=O)NCC(C)C)N(Cc1ccc(C)cc1)C(=O)CSCc1ccccc1C. The first-order valence-electron chi connectivity index (χ1n) is 11.1. The van der Waals surface area contributed by atoms with E-state index in [1.807, 2.05) is 50.2 Å². The number of carbonyl (C=O) groups excluding carboxylic acids is 2.